The van der Waals surface area contributed by atoms with Crippen LogP contribution in [0.1, 0.15) is 37.7 Å². The maximum atomic E-state index is 12.0. The van der Waals surface area contributed by atoms with E-state index in [0.29, 0.717) is 18.5 Å². The first-order valence-electron chi connectivity index (χ1n) is 8.06. The van der Waals surface area contributed by atoms with Crippen LogP contribution in [0.3, 0.4) is 0 Å². The molecule has 0 spiro atoms. The molecular formula is C17H24N4O. The van der Waals surface area contributed by atoms with Gasteiger partial charge in [0.15, 0.2) is 5.96 Å². The Kier molecular flexibility index (Phi) is 4.32. The zero-order valence-corrected chi connectivity index (χ0v) is 13.1. The van der Waals surface area contributed by atoms with Crippen molar-refractivity contribution < 1.29 is 4.79 Å². The lowest BCUT2D eigenvalue weighted by Crippen LogP contribution is -2.35. The third-order valence-electron chi connectivity index (χ3n) is 4.55. The Morgan fingerprint density at radius 1 is 1.36 bits per heavy atom. The molecule has 1 aromatic carbocycles. The number of rotatable bonds is 5. The van der Waals surface area contributed by atoms with Gasteiger partial charge in [-0.05, 0) is 43.4 Å². The fraction of sp³-hybridized carbons (Fsp3) is 0.529. The number of nitrogens with two attached hydrogens (primary N) is 1. The molecule has 3 rings (SSSR count). The number of guanidine groups is 1. The summed E-state index contributed by atoms with van der Waals surface area (Å²) in [5, 5.41) is 2.99. The summed E-state index contributed by atoms with van der Waals surface area (Å²) in [6.45, 7) is 0.538. The first-order chi connectivity index (χ1) is 10.6. The number of aliphatic imine (C=N–C) groups is 1. The number of benzene rings is 1. The average Bonchev–Trinajstić information content (AvgIpc) is 3.27. The van der Waals surface area contributed by atoms with Crippen LogP contribution in [-0.2, 0) is 11.3 Å². The molecule has 1 aromatic rings. The Hall–Kier alpha value is -2.04. The van der Waals surface area contributed by atoms with E-state index in [0.717, 1.165) is 24.1 Å². The van der Waals surface area contributed by atoms with E-state index in [1.807, 2.05) is 36.2 Å². The van der Waals surface area contributed by atoms with Crippen molar-refractivity contribution in [3.8, 4) is 0 Å². The van der Waals surface area contributed by atoms with Gasteiger partial charge >= 0.3 is 0 Å². The molecule has 5 nitrogen and oxygen atoms in total. The third-order valence-corrected chi connectivity index (χ3v) is 4.55. The molecule has 2 saturated carbocycles. The summed E-state index contributed by atoms with van der Waals surface area (Å²) in [5.41, 5.74) is 7.90. The van der Waals surface area contributed by atoms with Gasteiger partial charge in [0.25, 0.3) is 0 Å². The molecule has 2 fully saturated rings. The lowest BCUT2D eigenvalue weighted by molar-refractivity contribution is -0.122. The number of nitrogens with one attached hydrogen (secondary N) is 1. The van der Waals surface area contributed by atoms with Gasteiger partial charge < -0.3 is 16.0 Å². The predicted octanol–water partition coefficient (Wildman–Crippen LogP) is 2.33. The van der Waals surface area contributed by atoms with Crippen LogP contribution in [0.4, 0.5) is 5.69 Å². The first-order valence-corrected chi connectivity index (χ1v) is 8.06. The predicted molar refractivity (Wildman–Crippen MR) is 88.5 cm³/mol. The smallest absolute Gasteiger partial charge is 0.227 e. The van der Waals surface area contributed by atoms with E-state index in [1.165, 1.54) is 19.3 Å². The molecule has 0 aliphatic heterocycles. The topological polar surface area (TPSA) is 70.7 Å². The quantitative estimate of drug-likeness (QED) is 0.647. The largest absolute Gasteiger partial charge is 0.370 e. The highest BCUT2D eigenvalue weighted by Crippen LogP contribution is 2.28. The normalized spacial score (nSPS) is 18.7. The molecule has 0 bridgehead atoms. The van der Waals surface area contributed by atoms with Gasteiger partial charge in [-0.15, -0.1) is 0 Å². The molecule has 22 heavy (non-hydrogen) atoms. The second-order valence-electron chi connectivity index (χ2n) is 6.33. The zero-order valence-electron chi connectivity index (χ0n) is 13.1. The second-order valence-corrected chi connectivity index (χ2v) is 6.33. The van der Waals surface area contributed by atoms with Crippen LogP contribution in [-0.4, -0.2) is 29.9 Å². The molecular weight excluding hydrogens is 276 g/mol. The second kappa shape index (κ2) is 6.38. The number of carbonyl (C=O) groups excluding carboxylic acids is 1. The zero-order chi connectivity index (χ0) is 15.5. The van der Waals surface area contributed by atoms with E-state index in [9.17, 15) is 4.79 Å². The van der Waals surface area contributed by atoms with Crippen molar-refractivity contribution in [2.75, 3.05) is 12.4 Å². The molecule has 0 aromatic heterocycles. The van der Waals surface area contributed by atoms with Gasteiger partial charge in [-0.3, -0.25) is 4.79 Å². The van der Waals surface area contributed by atoms with Crippen LogP contribution in [0.5, 0.6) is 0 Å². The summed E-state index contributed by atoms with van der Waals surface area (Å²) in [6, 6.07) is 8.42. The minimum atomic E-state index is 0.139. The summed E-state index contributed by atoms with van der Waals surface area (Å²) in [5.74, 6) is 0.927. The minimum absolute atomic E-state index is 0.139. The maximum absolute atomic E-state index is 12.0. The Morgan fingerprint density at radius 2 is 2.14 bits per heavy atom. The Morgan fingerprint density at radius 3 is 2.77 bits per heavy atom. The summed E-state index contributed by atoms with van der Waals surface area (Å²) in [6.07, 6.45) is 5.60. The fourth-order valence-electron chi connectivity index (χ4n) is 2.59. The fourth-order valence-corrected chi connectivity index (χ4v) is 2.59. The van der Waals surface area contributed by atoms with Gasteiger partial charge in [0.05, 0.1) is 6.54 Å². The number of nitrogens with zero attached hydrogens (tertiary/aromatic N) is 2. The van der Waals surface area contributed by atoms with Crippen molar-refractivity contribution in [1.82, 2.24) is 4.90 Å². The maximum Gasteiger partial charge on any atom is 0.227 e. The summed E-state index contributed by atoms with van der Waals surface area (Å²) >= 11 is 0. The van der Waals surface area contributed by atoms with Crippen molar-refractivity contribution in [1.29, 1.82) is 0 Å². The van der Waals surface area contributed by atoms with E-state index in [1.54, 1.807) is 0 Å². The lowest BCUT2D eigenvalue weighted by Gasteiger charge is -2.24. The molecule has 5 heteroatoms. The molecule has 0 saturated heterocycles. The van der Waals surface area contributed by atoms with Crippen molar-refractivity contribution in [2.24, 2.45) is 16.6 Å². The van der Waals surface area contributed by atoms with Crippen LogP contribution in [0.25, 0.3) is 0 Å². The summed E-state index contributed by atoms with van der Waals surface area (Å²) in [4.78, 5) is 18.5. The highest BCUT2D eigenvalue weighted by Gasteiger charge is 2.27. The monoisotopic (exact) mass is 300 g/mol. The van der Waals surface area contributed by atoms with Crippen molar-refractivity contribution in [3.05, 3.63) is 29.8 Å². The van der Waals surface area contributed by atoms with Gasteiger partial charge in [0.2, 0.25) is 5.91 Å². The molecule has 3 N–H and O–H groups in total. The molecule has 2 aliphatic carbocycles. The van der Waals surface area contributed by atoms with Crippen LogP contribution < -0.4 is 11.1 Å². The van der Waals surface area contributed by atoms with Gasteiger partial charge in [0, 0.05) is 24.7 Å². The van der Waals surface area contributed by atoms with Crippen molar-refractivity contribution in [2.45, 2.75) is 44.7 Å². The van der Waals surface area contributed by atoms with Crippen LogP contribution in [0.2, 0.25) is 0 Å². The summed E-state index contributed by atoms with van der Waals surface area (Å²) < 4.78 is 0. The highest BCUT2D eigenvalue weighted by molar-refractivity contribution is 5.93. The van der Waals surface area contributed by atoms with Crippen molar-refractivity contribution >= 4 is 17.6 Å². The Balaban J connectivity index is 1.58. The molecule has 2 aliphatic rings. The Labute approximate surface area is 131 Å². The van der Waals surface area contributed by atoms with Gasteiger partial charge in [-0.1, -0.05) is 18.6 Å². The molecule has 1 amide bonds. The van der Waals surface area contributed by atoms with E-state index in [2.05, 4.69) is 10.3 Å². The van der Waals surface area contributed by atoms with E-state index in [-0.39, 0.29) is 11.8 Å². The van der Waals surface area contributed by atoms with Gasteiger partial charge in [-0.2, -0.15) is 0 Å². The number of anilines is 1. The highest BCUT2D eigenvalue weighted by atomic mass is 16.1. The van der Waals surface area contributed by atoms with E-state index in [4.69, 9.17) is 5.73 Å². The Bertz CT molecular complexity index is 576. The molecule has 0 atom stereocenters. The molecule has 0 heterocycles. The lowest BCUT2D eigenvalue weighted by atomic mass is 9.85. The SMILES string of the molecule is CN(C(N)=NCc1cccc(NC(=O)C2CCC2)c1)C1CC1. The number of carbonyl (C=O) groups is 1. The molecule has 0 unspecified atom stereocenters. The van der Waals surface area contributed by atoms with Crippen LogP contribution >= 0.6 is 0 Å². The minimum Gasteiger partial charge on any atom is -0.370 e. The number of hydrogen-bond donors (Lipinski definition) is 2. The van der Waals surface area contributed by atoms with Crippen LogP contribution in [0, 0.1) is 5.92 Å². The molecule has 0 radical (unpaired) electrons. The van der Waals surface area contributed by atoms with Gasteiger partial charge in [-0.25, -0.2) is 4.99 Å². The van der Waals surface area contributed by atoms with Crippen LogP contribution in [0.15, 0.2) is 29.3 Å². The van der Waals surface area contributed by atoms with E-state index < -0.39 is 0 Å². The summed E-state index contributed by atoms with van der Waals surface area (Å²) in [7, 11) is 1.99. The average molecular weight is 300 g/mol. The third kappa shape index (κ3) is 3.59. The van der Waals surface area contributed by atoms with Crippen molar-refractivity contribution in [3.63, 3.8) is 0 Å². The molecule has 118 valence electrons. The standard InChI is InChI=1S/C17H24N4O/c1-21(15-8-9-15)17(18)19-11-12-4-2-7-14(10-12)20-16(22)13-5-3-6-13/h2,4,7,10,13,15H,3,5-6,8-9,11H2,1H3,(H2,18,19)(H,20,22). The first kappa shape index (κ1) is 14.9. The number of hydrogen-bond acceptors (Lipinski definition) is 2. The van der Waals surface area contributed by atoms with Gasteiger partial charge in [0.1, 0.15) is 0 Å². The number of amides is 1. The van der Waals surface area contributed by atoms with E-state index >= 15 is 0 Å².